The van der Waals surface area contributed by atoms with Crippen molar-refractivity contribution in [1.29, 1.82) is 0 Å². The van der Waals surface area contributed by atoms with Gasteiger partial charge in [0, 0.05) is 6.54 Å². The van der Waals surface area contributed by atoms with Gasteiger partial charge in [-0.3, -0.25) is 0 Å². The van der Waals surface area contributed by atoms with Crippen molar-refractivity contribution in [3.63, 3.8) is 0 Å². The molecule has 0 aromatic carbocycles. The van der Waals surface area contributed by atoms with Gasteiger partial charge in [-0.15, -0.1) is 0 Å². The van der Waals surface area contributed by atoms with Gasteiger partial charge in [0.05, 0.1) is 0 Å². The van der Waals surface area contributed by atoms with Gasteiger partial charge in [-0.1, -0.05) is 19.1 Å². The van der Waals surface area contributed by atoms with Crippen LogP contribution < -0.4 is 0 Å². The Morgan fingerprint density at radius 1 is 1.75 bits per heavy atom. The molecule has 0 aromatic heterocycles. The molecule has 8 heavy (non-hydrogen) atoms. The lowest BCUT2D eigenvalue weighted by atomic mass is 10.1. The van der Waals surface area contributed by atoms with Crippen molar-refractivity contribution in [2.24, 2.45) is 10.9 Å². The number of hydrogen-bond donors (Lipinski definition) is 0. The van der Waals surface area contributed by atoms with Crippen LogP contribution >= 0.6 is 0 Å². The molecule has 1 unspecified atom stereocenters. The first kappa shape index (κ1) is 7.41. The summed E-state index contributed by atoms with van der Waals surface area (Å²) in [6.07, 6.45) is 0. The lowest BCUT2D eigenvalue weighted by Gasteiger charge is -2.04. The minimum absolute atomic E-state index is 0.493. The Balaban J connectivity index is 3.46. The van der Waals surface area contributed by atoms with E-state index < -0.39 is 0 Å². The second kappa shape index (κ2) is 3.42. The summed E-state index contributed by atoms with van der Waals surface area (Å²) in [5.41, 5.74) is 1.18. The normalized spacial score (nSPS) is 12.8. The summed E-state index contributed by atoms with van der Waals surface area (Å²) in [4.78, 5) is 3.75. The van der Waals surface area contributed by atoms with E-state index in [-0.39, 0.29) is 0 Å². The predicted octanol–water partition coefficient (Wildman–Crippen LogP) is 1.90. The minimum atomic E-state index is 0.493. The number of hydrogen-bond acceptors (Lipinski definition) is 1. The van der Waals surface area contributed by atoms with Gasteiger partial charge >= 0.3 is 0 Å². The van der Waals surface area contributed by atoms with Crippen LogP contribution in [0, 0.1) is 5.92 Å². The van der Waals surface area contributed by atoms with Gasteiger partial charge in [0.2, 0.25) is 0 Å². The summed E-state index contributed by atoms with van der Waals surface area (Å²) in [5, 5.41) is 0. The lowest BCUT2D eigenvalue weighted by molar-refractivity contribution is 0.701. The Hall–Kier alpha value is -0.590. The molecule has 0 aliphatic carbocycles. The highest BCUT2D eigenvalue weighted by molar-refractivity contribution is 5.23. The number of nitrogens with zero attached hydrogens (tertiary/aromatic N) is 1. The molecular formula is C7H13N. The van der Waals surface area contributed by atoms with Crippen molar-refractivity contribution >= 4 is 6.72 Å². The quantitative estimate of drug-likeness (QED) is 0.389. The fourth-order valence-electron chi connectivity index (χ4n) is 0.349. The molecule has 0 rings (SSSR count). The van der Waals surface area contributed by atoms with Crippen molar-refractivity contribution in [2.45, 2.75) is 13.8 Å². The Bertz CT molecular complexity index is 94.6. The number of rotatable bonds is 3. The van der Waals surface area contributed by atoms with Crippen LogP contribution in [-0.2, 0) is 0 Å². The van der Waals surface area contributed by atoms with Crippen molar-refractivity contribution in [1.82, 2.24) is 0 Å². The maximum Gasteiger partial charge on any atom is 0.0444 e. The van der Waals surface area contributed by atoms with Crippen LogP contribution in [0.1, 0.15) is 13.8 Å². The molecule has 46 valence electrons. The smallest absolute Gasteiger partial charge is 0.0444 e. The van der Waals surface area contributed by atoms with Crippen molar-refractivity contribution in [3.8, 4) is 0 Å². The molecule has 0 saturated carbocycles. The first-order valence-corrected chi connectivity index (χ1v) is 2.76. The molecule has 1 nitrogen and oxygen atoms in total. The summed E-state index contributed by atoms with van der Waals surface area (Å²) in [6, 6.07) is 0. The maximum absolute atomic E-state index is 3.79. The highest BCUT2D eigenvalue weighted by Gasteiger charge is 1.97. The largest absolute Gasteiger partial charge is 0.300 e. The fourth-order valence-corrected chi connectivity index (χ4v) is 0.349. The third-order valence-electron chi connectivity index (χ3n) is 1.24. The zero-order valence-corrected chi connectivity index (χ0v) is 5.65. The predicted molar refractivity (Wildman–Crippen MR) is 38.4 cm³/mol. The Kier molecular flexibility index (Phi) is 3.16. The van der Waals surface area contributed by atoms with E-state index in [1.54, 1.807) is 0 Å². The van der Waals surface area contributed by atoms with E-state index in [0.717, 1.165) is 6.54 Å². The average molecular weight is 111 g/mol. The van der Waals surface area contributed by atoms with E-state index in [0.29, 0.717) is 5.92 Å². The second-order valence-electron chi connectivity index (χ2n) is 2.15. The summed E-state index contributed by atoms with van der Waals surface area (Å²) < 4.78 is 0. The molecule has 0 aliphatic heterocycles. The maximum atomic E-state index is 3.79. The van der Waals surface area contributed by atoms with E-state index >= 15 is 0 Å². The molecule has 0 aliphatic rings. The van der Waals surface area contributed by atoms with Crippen LogP contribution in [0.5, 0.6) is 0 Å². The molecule has 0 bridgehead atoms. The Morgan fingerprint density at radius 3 is 2.38 bits per heavy atom. The molecule has 0 radical (unpaired) electrons. The van der Waals surface area contributed by atoms with Crippen LogP contribution in [0.25, 0.3) is 0 Å². The lowest BCUT2D eigenvalue weighted by Crippen LogP contribution is -1.98. The van der Waals surface area contributed by atoms with Crippen LogP contribution in [0.15, 0.2) is 17.1 Å². The molecule has 0 spiro atoms. The SMILES string of the molecule is C=NCC(C)C(=C)C. The summed E-state index contributed by atoms with van der Waals surface area (Å²) >= 11 is 0. The monoisotopic (exact) mass is 111 g/mol. The molecule has 0 saturated heterocycles. The average Bonchev–Trinajstić information content (AvgIpc) is 1.67. The molecule has 0 heterocycles. The standard InChI is InChI=1S/C7H13N/c1-6(2)7(3)5-8-4/h7H,1,4-5H2,2-3H3. The molecule has 0 N–H and O–H groups in total. The highest BCUT2D eigenvalue weighted by atomic mass is 14.7. The molecule has 0 amide bonds. The van der Waals surface area contributed by atoms with Gasteiger partial charge in [0.1, 0.15) is 0 Å². The molecule has 0 fully saturated rings. The van der Waals surface area contributed by atoms with Crippen LogP contribution in [-0.4, -0.2) is 13.3 Å². The second-order valence-corrected chi connectivity index (χ2v) is 2.15. The first-order chi connectivity index (χ1) is 3.68. The van der Waals surface area contributed by atoms with Gasteiger partial charge in [0.15, 0.2) is 0 Å². The zero-order chi connectivity index (χ0) is 6.57. The first-order valence-electron chi connectivity index (χ1n) is 2.76. The minimum Gasteiger partial charge on any atom is -0.300 e. The van der Waals surface area contributed by atoms with Crippen molar-refractivity contribution in [3.05, 3.63) is 12.2 Å². The summed E-state index contributed by atoms with van der Waals surface area (Å²) in [6.45, 7) is 12.1. The third kappa shape index (κ3) is 2.56. The van der Waals surface area contributed by atoms with Gasteiger partial charge in [0.25, 0.3) is 0 Å². The number of aliphatic imine (C=N–C) groups is 1. The topological polar surface area (TPSA) is 12.4 Å². The van der Waals surface area contributed by atoms with Gasteiger partial charge < -0.3 is 4.99 Å². The van der Waals surface area contributed by atoms with Gasteiger partial charge in [-0.25, -0.2) is 0 Å². The molecule has 0 aromatic rings. The van der Waals surface area contributed by atoms with E-state index in [4.69, 9.17) is 0 Å². The van der Waals surface area contributed by atoms with Gasteiger partial charge in [-0.05, 0) is 19.6 Å². The van der Waals surface area contributed by atoms with Gasteiger partial charge in [-0.2, -0.15) is 0 Å². The Labute approximate surface area is 51.1 Å². The van der Waals surface area contributed by atoms with E-state index in [1.165, 1.54) is 5.57 Å². The zero-order valence-electron chi connectivity index (χ0n) is 5.65. The van der Waals surface area contributed by atoms with Crippen LogP contribution in [0.4, 0.5) is 0 Å². The van der Waals surface area contributed by atoms with E-state index in [1.807, 2.05) is 6.92 Å². The molecule has 1 atom stereocenters. The van der Waals surface area contributed by atoms with E-state index in [2.05, 4.69) is 25.2 Å². The molecule has 1 heteroatoms. The van der Waals surface area contributed by atoms with Crippen LogP contribution in [0.3, 0.4) is 0 Å². The third-order valence-corrected chi connectivity index (χ3v) is 1.24. The highest BCUT2D eigenvalue weighted by Crippen LogP contribution is 2.05. The van der Waals surface area contributed by atoms with Crippen LogP contribution in [0.2, 0.25) is 0 Å². The Morgan fingerprint density at radius 2 is 2.25 bits per heavy atom. The van der Waals surface area contributed by atoms with Crippen molar-refractivity contribution < 1.29 is 0 Å². The fraction of sp³-hybridized carbons (Fsp3) is 0.571. The molecular weight excluding hydrogens is 98.1 g/mol. The van der Waals surface area contributed by atoms with E-state index in [9.17, 15) is 0 Å². The summed E-state index contributed by atoms with van der Waals surface area (Å²) in [7, 11) is 0. The summed E-state index contributed by atoms with van der Waals surface area (Å²) in [5.74, 6) is 0.493. The van der Waals surface area contributed by atoms with Crippen molar-refractivity contribution in [2.75, 3.05) is 6.54 Å².